The molecule has 2 aromatic rings. The second-order valence-electron chi connectivity index (χ2n) is 4.38. The quantitative estimate of drug-likeness (QED) is 0.867. The summed E-state index contributed by atoms with van der Waals surface area (Å²) in [4.78, 5) is 15.1. The van der Waals surface area contributed by atoms with Crippen molar-refractivity contribution in [2.24, 2.45) is 4.99 Å². The van der Waals surface area contributed by atoms with E-state index in [-0.39, 0.29) is 0 Å². The third kappa shape index (κ3) is 2.65. The molecule has 6 heteroatoms. The smallest absolute Gasteiger partial charge is 0.195 e. The topological polar surface area (TPSA) is 50.6 Å². The van der Waals surface area contributed by atoms with Crippen LogP contribution < -0.4 is 9.64 Å². The number of hydrogen-bond acceptors (Lipinski definition) is 5. The lowest BCUT2D eigenvalue weighted by molar-refractivity contribution is 0.414. The number of ether oxygens (including phenoxy) is 1. The maximum Gasteiger partial charge on any atom is 0.195 e. The molecule has 5 nitrogen and oxygen atoms in total. The molecule has 2 heterocycles. The Balaban J connectivity index is 1.88. The Morgan fingerprint density at radius 1 is 1.40 bits per heavy atom. The van der Waals surface area contributed by atoms with E-state index in [9.17, 15) is 0 Å². The maximum absolute atomic E-state index is 5.25. The summed E-state index contributed by atoms with van der Waals surface area (Å²) in [5, 5.41) is 0. The average molecular weight is 333 g/mol. The van der Waals surface area contributed by atoms with E-state index in [0.717, 1.165) is 30.2 Å². The van der Waals surface area contributed by atoms with Gasteiger partial charge in [0, 0.05) is 12.8 Å². The zero-order valence-corrected chi connectivity index (χ0v) is 12.5. The summed E-state index contributed by atoms with van der Waals surface area (Å²) in [6.45, 7) is 1.46. The van der Waals surface area contributed by atoms with Gasteiger partial charge in [-0.1, -0.05) is 12.1 Å². The van der Waals surface area contributed by atoms with Gasteiger partial charge in [0.05, 0.1) is 19.9 Å². The highest BCUT2D eigenvalue weighted by Gasteiger charge is 2.17. The number of fused-ring (bicyclic) bond motifs is 1. The largest absolute Gasteiger partial charge is 0.497 e. The fraction of sp³-hybridized carbons (Fsp3) is 0.214. The molecule has 1 aromatic heterocycles. The number of rotatable bonds is 3. The van der Waals surface area contributed by atoms with Crippen LogP contribution in [0, 0.1) is 0 Å². The van der Waals surface area contributed by atoms with Crippen LogP contribution in [0.2, 0.25) is 0 Å². The summed E-state index contributed by atoms with van der Waals surface area (Å²) in [6, 6.07) is 8.02. The molecule has 1 aliphatic heterocycles. The predicted molar refractivity (Wildman–Crippen MR) is 81.9 cm³/mol. The molecule has 0 spiro atoms. The SMILES string of the molecule is COc1cccc(CN2CC=Nc3ncc(Br)nc32)c1. The molecular weight excluding hydrogens is 320 g/mol. The van der Waals surface area contributed by atoms with Crippen molar-refractivity contribution >= 4 is 33.8 Å². The van der Waals surface area contributed by atoms with Gasteiger partial charge in [-0.3, -0.25) is 0 Å². The van der Waals surface area contributed by atoms with Gasteiger partial charge in [0.15, 0.2) is 11.6 Å². The summed E-state index contributed by atoms with van der Waals surface area (Å²) in [7, 11) is 1.67. The van der Waals surface area contributed by atoms with E-state index >= 15 is 0 Å². The van der Waals surface area contributed by atoms with Crippen LogP contribution in [0.25, 0.3) is 0 Å². The van der Waals surface area contributed by atoms with Crippen molar-refractivity contribution in [3.05, 3.63) is 40.6 Å². The number of nitrogens with zero attached hydrogens (tertiary/aromatic N) is 4. The van der Waals surface area contributed by atoms with Crippen LogP contribution in [0.3, 0.4) is 0 Å². The van der Waals surface area contributed by atoms with E-state index in [1.807, 2.05) is 24.4 Å². The molecule has 0 unspecified atom stereocenters. The van der Waals surface area contributed by atoms with Crippen molar-refractivity contribution in [1.82, 2.24) is 9.97 Å². The zero-order chi connectivity index (χ0) is 13.9. The molecule has 1 aliphatic rings. The Morgan fingerprint density at radius 3 is 3.15 bits per heavy atom. The number of hydrogen-bond donors (Lipinski definition) is 0. The highest BCUT2D eigenvalue weighted by Crippen LogP contribution is 2.29. The molecule has 102 valence electrons. The molecule has 20 heavy (non-hydrogen) atoms. The third-order valence-electron chi connectivity index (χ3n) is 3.03. The Kier molecular flexibility index (Phi) is 3.64. The first-order chi connectivity index (χ1) is 9.76. The van der Waals surface area contributed by atoms with Crippen LogP contribution in [0.5, 0.6) is 5.75 Å². The normalized spacial score (nSPS) is 13.2. The lowest BCUT2D eigenvalue weighted by atomic mass is 10.2. The first kappa shape index (κ1) is 13.1. The van der Waals surface area contributed by atoms with Gasteiger partial charge in [0.25, 0.3) is 0 Å². The number of aliphatic imine (C=N–C) groups is 1. The molecule has 0 saturated carbocycles. The fourth-order valence-corrected chi connectivity index (χ4v) is 2.37. The zero-order valence-electron chi connectivity index (χ0n) is 11.0. The second kappa shape index (κ2) is 5.58. The summed E-state index contributed by atoms with van der Waals surface area (Å²) < 4.78 is 5.96. The molecule has 0 bridgehead atoms. The Bertz CT molecular complexity index is 659. The first-order valence-electron chi connectivity index (χ1n) is 6.19. The van der Waals surface area contributed by atoms with Crippen LogP contribution in [0.15, 0.2) is 40.1 Å². The minimum atomic E-state index is 0.655. The van der Waals surface area contributed by atoms with Gasteiger partial charge in [-0.15, -0.1) is 0 Å². The van der Waals surface area contributed by atoms with E-state index in [1.165, 1.54) is 0 Å². The van der Waals surface area contributed by atoms with Gasteiger partial charge in [0.1, 0.15) is 10.4 Å². The van der Waals surface area contributed by atoms with E-state index < -0.39 is 0 Å². The Morgan fingerprint density at radius 2 is 2.30 bits per heavy atom. The van der Waals surface area contributed by atoms with Gasteiger partial charge >= 0.3 is 0 Å². The summed E-state index contributed by atoms with van der Waals surface area (Å²) in [5.74, 6) is 2.31. The van der Waals surface area contributed by atoms with Crippen molar-refractivity contribution in [3.63, 3.8) is 0 Å². The summed E-state index contributed by atoms with van der Waals surface area (Å²) in [6.07, 6.45) is 3.51. The number of benzene rings is 1. The summed E-state index contributed by atoms with van der Waals surface area (Å²) >= 11 is 3.35. The monoisotopic (exact) mass is 332 g/mol. The highest BCUT2D eigenvalue weighted by atomic mass is 79.9. The van der Waals surface area contributed by atoms with Crippen molar-refractivity contribution < 1.29 is 4.74 Å². The van der Waals surface area contributed by atoms with Crippen LogP contribution in [-0.4, -0.2) is 29.8 Å². The Hall–Kier alpha value is -1.95. The van der Waals surface area contributed by atoms with Crippen LogP contribution in [0.1, 0.15) is 5.56 Å². The molecule has 0 fully saturated rings. The van der Waals surface area contributed by atoms with Crippen LogP contribution in [0.4, 0.5) is 11.6 Å². The van der Waals surface area contributed by atoms with Crippen LogP contribution >= 0.6 is 15.9 Å². The molecule has 0 aliphatic carbocycles. The number of aromatic nitrogens is 2. The molecule has 1 aromatic carbocycles. The number of methoxy groups -OCH3 is 1. The molecule has 3 rings (SSSR count). The molecule has 0 amide bonds. The fourth-order valence-electron chi connectivity index (χ4n) is 2.10. The molecule has 0 radical (unpaired) electrons. The molecular formula is C14H13BrN4O. The van der Waals surface area contributed by atoms with Crippen LogP contribution in [-0.2, 0) is 6.54 Å². The predicted octanol–water partition coefficient (Wildman–Crippen LogP) is 2.97. The van der Waals surface area contributed by atoms with Gasteiger partial charge in [-0.05, 0) is 33.6 Å². The van der Waals surface area contributed by atoms with E-state index in [1.54, 1.807) is 13.3 Å². The van der Waals surface area contributed by atoms with E-state index in [4.69, 9.17) is 4.74 Å². The lowest BCUT2D eigenvalue weighted by Gasteiger charge is -2.25. The minimum absolute atomic E-state index is 0.655. The minimum Gasteiger partial charge on any atom is -0.497 e. The van der Waals surface area contributed by atoms with Gasteiger partial charge < -0.3 is 9.64 Å². The van der Waals surface area contributed by atoms with Crippen molar-refractivity contribution in [3.8, 4) is 5.75 Å². The molecule has 0 saturated heterocycles. The Labute approximate surface area is 125 Å². The van der Waals surface area contributed by atoms with Crippen molar-refractivity contribution in [2.75, 3.05) is 18.6 Å². The van der Waals surface area contributed by atoms with Crippen molar-refractivity contribution in [2.45, 2.75) is 6.54 Å². The van der Waals surface area contributed by atoms with Crippen molar-refractivity contribution in [1.29, 1.82) is 0 Å². The van der Waals surface area contributed by atoms with Gasteiger partial charge in [0.2, 0.25) is 0 Å². The van der Waals surface area contributed by atoms with E-state index in [2.05, 4.69) is 41.9 Å². The van der Waals surface area contributed by atoms with Gasteiger partial charge in [-0.2, -0.15) is 0 Å². The van der Waals surface area contributed by atoms with E-state index in [0.29, 0.717) is 10.4 Å². The number of halogens is 1. The second-order valence-corrected chi connectivity index (χ2v) is 5.20. The summed E-state index contributed by atoms with van der Waals surface area (Å²) in [5.41, 5.74) is 1.16. The standard InChI is InChI=1S/C14H13BrN4O/c1-20-11-4-2-3-10(7-11)9-19-6-5-16-13-14(19)18-12(15)8-17-13/h2-5,7-8H,6,9H2,1H3. The number of anilines is 1. The lowest BCUT2D eigenvalue weighted by Crippen LogP contribution is -2.28. The molecule has 0 N–H and O–H groups in total. The highest BCUT2D eigenvalue weighted by molar-refractivity contribution is 9.10. The average Bonchev–Trinajstić information content (AvgIpc) is 2.48. The molecule has 0 atom stereocenters. The first-order valence-corrected chi connectivity index (χ1v) is 6.98. The maximum atomic E-state index is 5.25. The third-order valence-corrected chi connectivity index (χ3v) is 3.41. The van der Waals surface area contributed by atoms with Gasteiger partial charge in [-0.25, -0.2) is 15.0 Å².